The van der Waals surface area contributed by atoms with Gasteiger partial charge in [-0.05, 0) is 51.5 Å². The molecule has 0 aromatic heterocycles. The van der Waals surface area contributed by atoms with Gasteiger partial charge in [-0.3, -0.25) is 0 Å². The van der Waals surface area contributed by atoms with Crippen LogP contribution >= 0.6 is 0 Å². The lowest BCUT2D eigenvalue weighted by atomic mass is 9.74. The minimum atomic E-state index is -0.107. The zero-order valence-corrected chi connectivity index (χ0v) is 14.3. The van der Waals surface area contributed by atoms with E-state index in [0.29, 0.717) is 18.6 Å². The summed E-state index contributed by atoms with van der Waals surface area (Å²) in [5, 5.41) is 0. The first-order valence-electron chi connectivity index (χ1n) is 9.07. The number of hydrogen-bond donors (Lipinski definition) is 0. The Morgan fingerprint density at radius 1 is 1.17 bits per heavy atom. The third-order valence-electron chi connectivity index (χ3n) is 6.09. The van der Waals surface area contributed by atoms with Crippen LogP contribution in [0, 0.1) is 5.92 Å². The Hall–Kier alpha value is -0.900. The fraction of sp³-hybridized carbons (Fsp3) is 0.700. The van der Waals surface area contributed by atoms with E-state index < -0.39 is 0 Å². The molecule has 23 heavy (non-hydrogen) atoms. The third kappa shape index (κ3) is 2.73. The zero-order valence-electron chi connectivity index (χ0n) is 14.3. The summed E-state index contributed by atoms with van der Waals surface area (Å²) in [6, 6.07) is 10.5. The predicted octanol–water partition coefficient (Wildman–Crippen LogP) is 4.10. The Bertz CT molecular complexity index is 541. The average Bonchev–Trinajstić information content (AvgIpc) is 2.91. The van der Waals surface area contributed by atoms with E-state index >= 15 is 0 Å². The fourth-order valence-electron chi connectivity index (χ4n) is 5.03. The van der Waals surface area contributed by atoms with Crippen LogP contribution in [0.3, 0.4) is 0 Å². The molecule has 2 aliphatic heterocycles. The van der Waals surface area contributed by atoms with Crippen molar-refractivity contribution in [3.05, 3.63) is 35.9 Å². The van der Waals surface area contributed by atoms with Crippen LogP contribution in [0.25, 0.3) is 0 Å². The number of ether oxygens (including phenoxy) is 3. The van der Waals surface area contributed by atoms with E-state index in [9.17, 15) is 0 Å². The molecule has 3 aliphatic rings. The normalized spacial score (nSPS) is 38.8. The van der Waals surface area contributed by atoms with Gasteiger partial charge in [0.05, 0.1) is 36.6 Å². The van der Waals surface area contributed by atoms with Gasteiger partial charge in [0, 0.05) is 5.92 Å². The second-order valence-electron chi connectivity index (χ2n) is 7.90. The standard InChI is InChI=1S/C20H28O3/c1-19(2)17-13-16(21-14-15-7-4-3-5-8-15)9-6-11-20(17)18(23-19)10-12-22-20/h3-5,7-8,16-18H,6,9-14H2,1-2H3/t16-,17+,18+,20+/m0/s1. The highest BCUT2D eigenvalue weighted by Crippen LogP contribution is 2.55. The predicted molar refractivity (Wildman–Crippen MR) is 89.2 cm³/mol. The number of hydrogen-bond acceptors (Lipinski definition) is 3. The Morgan fingerprint density at radius 2 is 2.00 bits per heavy atom. The first-order chi connectivity index (χ1) is 11.1. The molecule has 0 N–H and O–H groups in total. The number of rotatable bonds is 3. The topological polar surface area (TPSA) is 27.7 Å². The van der Waals surface area contributed by atoms with Crippen LogP contribution in [0.2, 0.25) is 0 Å². The highest BCUT2D eigenvalue weighted by atomic mass is 16.6. The van der Waals surface area contributed by atoms with Gasteiger partial charge < -0.3 is 14.2 Å². The van der Waals surface area contributed by atoms with Gasteiger partial charge in [-0.2, -0.15) is 0 Å². The molecule has 0 radical (unpaired) electrons. The van der Waals surface area contributed by atoms with Crippen LogP contribution < -0.4 is 0 Å². The summed E-state index contributed by atoms with van der Waals surface area (Å²) in [4.78, 5) is 0. The Kier molecular flexibility index (Phi) is 3.99. The highest BCUT2D eigenvalue weighted by molar-refractivity contribution is 5.14. The van der Waals surface area contributed by atoms with Crippen molar-refractivity contribution in [3.8, 4) is 0 Å². The van der Waals surface area contributed by atoms with Gasteiger partial charge in [0.1, 0.15) is 0 Å². The molecule has 1 aliphatic carbocycles. The van der Waals surface area contributed by atoms with Crippen LogP contribution in [-0.2, 0) is 20.8 Å². The van der Waals surface area contributed by atoms with E-state index in [1.54, 1.807) is 0 Å². The molecule has 126 valence electrons. The summed E-state index contributed by atoms with van der Waals surface area (Å²) < 4.78 is 19.0. The van der Waals surface area contributed by atoms with Gasteiger partial charge >= 0.3 is 0 Å². The second kappa shape index (κ2) is 5.87. The van der Waals surface area contributed by atoms with Gasteiger partial charge in [0.15, 0.2) is 0 Å². The van der Waals surface area contributed by atoms with Crippen molar-refractivity contribution in [2.75, 3.05) is 6.61 Å². The van der Waals surface area contributed by atoms with Crippen LogP contribution in [0.4, 0.5) is 0 Å². The van der Waals surface area contributed by atoms with Gasteiger partial charge in [0.25, 0.3) is 0 Å². The maximum Gasteiger partial charge on any atom is 0.1000 e. The summed E-state index contributed by atoms with van der Waals surface area (Å²) in [7, 11) is 0. The SMILES string of the molecule is CC1(C)O[C@@H]2CCO[C@@]23CCC[C@H](OCc2ccccc2)C[C@H]13. The summed E-state index contributed by atoms with van der Waals surface area (Å²) in [5.74, 6) is 0.436. The molecule has 1 saturated carbocycles. The molecule has 3 nitrogen and oxygen atoms in total. The molecule has 3 fully saturated rings. The third-order valence-corrected chi connectivity index (χ3v) is 6.09. The van der Waals surface area contributed by atoms with Gasteiger partial charge in [-0.15, -0.1) is 0 Å². The molecule has 2 saturated heterocycles. The first-order valence-corrected chi connectivity index (χ1v) is 9.07. The van der Waals surface area contributed by atoms with E-state index in [4.69, 9.17) is 14.2 Å². The number of benzene rings is 1. The van der Waals surface area contributed by atoms with Crippen LogP contribution in [0.15, 0.2) is 30.3 Å². The quantitative estimate of drug-likeness (QED) is 0.840. The largest absolute Gasteiger partial charge is 0.374 e. The van der Waals surface area contributed by atoms with Gasteiger partial charge in [0.2, 0.25) is 0 Å². The summed E-state index contributed by atoms with van der Waals surface area (Å²) in [5.41, 5.74) is 1.10. The van der Waals surface area contributed by atoms with Crippen molar-refractivity contribution in [2.45, 2.75) is 76.0 Å². The average molecular weight is 316 g/mol. The lowest BCUT2D eigenvalue weighted by Crippen LogP contribution is -2.44. The Balaban J connectivity index is 1.48. The molecular formula is C20H28O3. The Morgan fingerprint density at radius 3 is 2.83 bits per heavy atom. The molecule has 3 heteroatoms. The smallest absolute Gasteiger partial charge is 0.1000 e. The van der Waals surface area contributed by atoms with Gasteiger partial charge in [-0.25, -0.2) is 0 Å². The highest BCUT2D eigenvalue weighted by Gasteiger charge is 2.63. The van der Waals surface area contributed by atoms with E-state index in [1.165, 1.54) is 12.0 Å². The summed E-state index contributed by atoms with van der Waals surface area (Å²) in [6.45, 7) is 6.03. The lowest BCUT2D eigenvalue weighted by Gasteiger charge is -2.36. The lowest BCUT2D eigenvalue weighted by molar-refractivity contribution is -0.0610. The van der Waals surface area contributed by atoms with Crippen molar-refractivity contribution >= 4 is 0 Å². The monoisotopic (exact) mass is 316 g/mol. The van der Waals surface area contributed by atoms with Crippen molar-refractivity contribution < 1.29 is 14.2 Å². The molecule has 1 aromatic rings. The fourth-order valence-corrected chi connectivity index (χ4v) is 5.03. The molecule has 0 amide bonds. The van der Waals surface area contributed by atoms with E-state index in [0.717, 1.165) is 32.3 Å². The van der Waals surface area contributed by atoms with Crippen molar-refractivity contribution in [1.29, 1.82) is 0 Å². The van der Waals surface area contributed by atoms with Crippen LogP contribution in [-0.4, -0.2) is 30.0 Å². The molecule has 0 bridgehead atoms. The molecule has 1 aromatic carbocycles. The molecular weight excluding hydrogens is 288 g/mol. The Labute approximate surface area is 139 Å². The van der Waals surface area contributed by atoms with Crippen molar-refractivity contribution in [3.63, 3.8) is 0 Å². The first kappa shape index (κ1) is 15.6. The molecule has 2 heterocycles. The summed E-state index contributed by atoms with van der Waals surface area (Å²) >= 11 is 0. The van der Waals surface area contributed by atoms with E-state index in [1.807, 2.05) is 0 Å². The maximum atomic E-state index is 6.40. The minimum Gasteiger partial charge on any atom is -0.374 e. The second-order valence-corrected chi connectivity index (χ2v) is 7.90. The van der Waals surface area contributed by atoms with E-state index in [2.05, 4.69) is 44.2 Å². The summed E-state index contributed by atoms with van der Waals surface area (Å²) in [6.07, 6.45) is 6.13. The molecule has 4 rings (SSSR count). The van der Waals surface area contributed by atoms with Crippen molar-refractivity contribution in [2.24, 2.45) is 5.92 Å². The molecule has 4 atom stereocenters. The van der Waals surface area contributed by atoms with Crippen LogP contribution in [0.5, 0.6) is 0 Å². The minimum absolute atomic E-state index is 0.0473. The van der Waals surface area contributed by atoms with Gasteiger partial charge in [-0.1, -0.05) is 30.3 Å². The maximum absolute atomic E-state index is 6.40. The van der Waals surface area contributed by atoms with Crippen LogP contribution in [0.1, 0.15) is 51.5 Å². The molecule has 1 spiro atoms. The molecule has 0 unspecified atom stereocenters. The van der Waals surface area contributed by atoms with Crippen molar-refractivity contribution in [1.82, 2.24) is 0 Å². The zero-order chi connectivity index (χ0) is 15.9. The van der Waals surface area contributed by atoms with E-state index in [-0.39, 0.29) is 17.3 Å².